The van der Waals surface area contributed by atoms with Crippen LogP contribution >= 0.6 is 11.6 Å². The maximum Gasteiger partial charge on any atom is 0.258 e. The number of nitrogens with zero attached hydrogens (tertiary/aromatic N) is 5. The third-order valence-corrected chi connectivity index (χ3v) is 6.74. The number of aromatic amines is 1. The fraction of sp³-hybridized carbons (Fsp3) is 0.364. The van der Waals surface area contributed by atoms with Gasteiger partial charge in [0.15, 0.2) is 17.3 Å². The van der Waals surface area contributed by atoms with Crippen molar-refractivity contribution in [1.29, 1.82) is 0 Å². The average Bonchev–Trinajstić information content (AvgIpc) is 3.17. The normalized spacial score (nSPS) is 18.6. The fourth-order valence-corrected chi connectivity index (χ4v) is 4.34. The van der Waals surface area contributed by atoms with E-state index in [0.717, 1.165) is 11.3 Å². The second kappa shape index (κ2) is 8.15. The van der Waals surface area contributed by atoms with Gasteiger partial charge in [0.1, 0.15) is 5.69 Å². The minimum atomic E-state index is -2.69. The third-order valence-electron chi connectivity index (χ3n) is 6.39. The molecule has 0 bridgehead atoms. The minimum Gasteiger partial charge on any atom is -0.362 e. The van der Waals surface area contributed by atoms with E-state index in [9.17, 15) is 13.6 Å². The van der Waals surface area contributed by atoms with Crippen LogP contribution in [0.3, 0.4) is 0 Å². The van der Waals surface area contributed by atoms with Gasteiger partial charge in [0.2, 0.25) is 5.91 Å². The summed E-state index contributed by atoms with van der Waals surface area (Å²) in [6.07, 6.45) is 4.33. The molecule has 1 aliphatic carbocycles. The summed E-state index contributed by atoms with van der Waals surface area (Å²) in [4.78, 5) is 22.1. The summed E-state index contributed by atoms with van der Waals surface area (Å²) in [6.45, 7) is 3.31. The van der Waals surface area contributed by atoms with Crippen molar-refractivity contribution in [3.05, 3.63) is 35.6 Å². The summed E-state index contributed by atoms with van der Waals surface area (Å²) in [5, 5.41) is 9.65. The zero-order valence-electron chi connectivity index (χ0n) is 18.5. The Hall–Kier alpha value is -3.34. The third kappa shape index (κ3) is 3.64. The number of halogens is 4. The molecule has 8 nitrogen and oxygen atoms in total. The summed E-state index contributed by atoms with van der Waals surface area (Å²) >= 11 is 6.43. The van der Waals surface area contributed by atoms with Gasteiger partial charge >= 0.3 is 0 Å². The van der Waals surface area contributed by atoms with Crippen molar-refractivity contribution in [3.8, 4) is 11.3 Å². The Morgan fingerprint density at radius 2 is 2.09 bits per heavy atom. The molecule has 1 unspecified atom stereocenters. The first-order chi connectivity index (χ1) is 16.2. The first kappa shape index (κ1) is 22.5. The molecule has 1 fully saturated rings. The SMILES string of the molecule is CC(C(F)F)N(C)c1c(F)c(Cl)c(-c2cn3cc(NC(=O)[C@@H]4C[C@@H]4C)nc3cn2)c2cn[nH]c12. The van der Waals surface area contributed by atoms with E-state index in [2.05, 4.69) is 25.5 Å². The second-order valence-corrected chi connectivity index (χ2v) is 9.05. The number of H-pyrrole nitrogens is 1. The molecule has 0 radical (unpaired) electrons. The highest BCUT2D eigenvalue weighted by Crippen LogP contribution is 2.42. The van der Waals surface area contributed by atoms with Gasteiger partial charge in [0, 0.05) is 30.1 Å². The zero-order valence-corrected chi connectivity index (χ0v) is 19.2. The molecule has 1 aliphatic rings. The Bertz CT molecular complexity index is 1420. The quantitative estimate of drug-likeness (QED) is 0.406. The van der Waals surface area contributed by atoms with Gasteiger partial charge in [-0.2, -0.15) is 5.10 Å². The van der Waals surface area contributed by atoms with E-state index in [4.69, 9.17) is 11.6 Å². The Morgan fingerprint density at radius 1 is 1.35 bits per heavy atom. The van der Waals surface area contributed by atoms with Crippen LogP contribution in [0.25, 0.3) is 27.8 Å². The maximum absolute atomic E-state index is 15.4. The van der Waals surface area contributed by atoms with E-state index < -0.39 is 18.3 Å². The van der Waals surface area contributed by atoms with Crippen LogP contribution in [0.2, 0.25) is 5.02 Å². The maximum atomic E-state index is 15.4. The minimum absolute atomic E-state index is 0.000843. The molecule has 1 aromatic carbocycles. The van der Waals surface area contributed by atoms with Crippen LogP contribution in [0.5, 0.6) is 0 Å². The standard InChI is InChI=1S/C22H21ClF3N7O/c1-9-4-11(9)22(34)30-14-8-33-7-13(27-6-15(33)29-14)16-12-5-28-31-19(12)20(18(24)17(16)23)32(3)10(2)21(25)26/h5-11,21H,4H2,1-3H3,(H,28,31)(H,30,34)/t9-,10?,11+/m0/s1. The molecule has 5 rings (SSSR count). The lowest BCUT2D eigenvalue weighted by Crippen LogP contribution is -2.35. The molecule has 1 amide bonds. The Balaban J connectivity index is 1.57. The summed E-state index contributed by atoms with van der Waals surface area (Å²) in [7, 11) is 1.37. The van der Waals surface area contributed by atoms with Crippen LogP contribution in [-0.4, -0.2) is 50.0 Å². The number of nitrogens with one attached hydrogen (secondary N) is 2. The smallest absolute Gasteiger partial charge is 0.258 e. The van der Waals surface area contributed by atoms with Crippen molar-refractivity contribution in [1.82, 2.24) is 24.6 Å². The molecule has 0 saturated heterocycles. The first-order valence-electron chi connectivity index (χ1n) is 10.7. The average molecular weight is 492 g/mol. The Labute approximate surface area is 197 Å². The predicted octanol–water partition coefficient (Wildman–Crippen LogP) is 4.75. The van der Waals surface area contributed by atoms with Gasteiger partial charge in [-0.1, -0.05) is 18.5 Å². The Kier molecular flexibility index (Phi) is 5.38. The van der Waals surface area contributed by atoms with E-state index in [1.165, 1.54) is 26.4 Å². The number of alkyl halides is 2. The number of amides is 1. The van der Waals surface area contributed by atoms with E-state index in [-0.39, 0.29) is 33.6 Å². The summed E-state index contributed by atoms with van der Waals surface area (Å²) in [6, 6.07) is -1.25. The van der Waals surface area contributed by atoms with E-state index in [0.29, 0.717) is 28.5 Å². The number of rotatable bonds is 6. The predicted molar refractivity (Wildman–Crippen MR) is 123 cm³/mol. The highest BCUT2D eigenvalue weighted by molar-refractivity contribution is 6.35. The zero-order chi connectivity index (χ0) is 24.3. The molecule has 1 saturated carbocycles. The molecular formula is C22H21ClF3N7O. The number of hydrogen-bond donors (Lipinski definition) is 2. The summed E-state index contributed by atoms with van der Waals surface area (Å²) in [5.74, 6) is -0.189. The number of benzene rings is 1. The van der Waals surface area contributed by atoms with Crippen LogP contribution in [0.1, 0.15) is 20.3 Å². The number of anilines is 2. The van der Waals surface area contributed by atoms with E-state index in [1.54, 1.807) is 16.8 Å². The van der Waals surface area contributed by atoms with Gasteiger partial charge in [-0.05, 0) is 19.3 Å². The van der Waals surface area contributed by atoms with Crippen molar-refractivity contribution in [2.75, 3.05) is 17.3 Å². The molecule has 3 heterocycles. The van der Waals surface area contributed by atoms with Crippen LogP contribution in [0, 0.1) is 17.7 Å². The molecule has 34 heavy (non-hydrogen) atoms. The first-order valence-corrected chi connectivity index (χ1v) is 11.1. The number of hydrogen-bond acceptors (Lipinski definition) is 5. The summed E-state index contributed by atoms with van der Waals surface area (Å²) in [5.41, 5.74) is 1.19. The monoisotopic (exact) mass is 491 g/mol. The lowest BCUT2D eigenvalue weighted by Gasteiger charge is -2.28. The Morgan fingerprint density at radius 3 is 2.76 bits per heavy atom. The fourth-order valence-electron chi connectivity index (χ4n) is 4.05. The molecule has 3 aromatic heterocycles. The molecule has 2 N–H and O–H groups in total. The van der Waals surface area contributed by atoms with Gasteiger partial charge in [0.25, 0.3) is 6.43 Å². The van der Waals surface area contributed by atoms with Crippen molar-refractivity contribution in [3.63, 3.8) is 0 Å². The van der Waals surface area contributed by atoms with Gasteiger partial charge in [-0.25, -0.2) is 18.2 Å². The number of imidazole rings is 1. The van der Waals surface area contributed by atoms with Gasteiger partial charge < -0.3 is 14.6 Å². The topological polar surface area (TPSA) is 91.2 Å². The number of aromatic nitrogens is 5. The van der Waals surface area contributed by atoms with Gasteiger partial charge in [-0.3, -0.25) is 14.9 Å². The lowest BCUT2D eigenvalue weighted by atomic mass is 10.0. The van der Waals surface area contributed by atoms with Crippen molar-refractivity contribution >= 4 is 45.6 Å². The van der Waals surface area contributed by atoms with Crippen LogP contribution < -0.4 is 10.2 Å². The van der Waals surface area contributed by atoms with E-state index >= 15 is 4.39 Å². The lowest BCUT2D eigenvalue weighted by molar-refractivity contribution is -0.117. The molecule has 3 atom stereocenters. The largest absolute Gasteiger partial charge is 0.362 e. The molecule has 4 aromatic rings. The second-order valence-electron chi connectivity index (χ2n) is 8.67. The molecule has 12 heteroatoms. The highest BCUT2D eigenvalue weighted by Gasteiger charge is 2.39. The molecule has 0 aliphatic heterocycles. The van der Waals surface area contributed by atoms with Crippen molar-refractivity contribution < 1.29 is 18.0 Å². The highest BCUT2D eigenvalue weighted by atomic mass is 35.5. The van der Waals surface area contributed by atoms with Crippen molar-refractivity contribution in [2.45, 2.75) is 32.7 Å². The molecule has 178 valence electrons. The number of carbonyl (C=O) groups is 1. The van der Waals surface area contributed by atoms with Crippen LogP contribution in [0.4, 0.5) is 24.7 Å². The van der Waals surface area contributed by atoms with Crippen LogP contribution in [-0.2, 0) is 4.79 Å². The number of carbonyl (C=O) groups excluding carboxylic acids is 1. The van der Waals surface area contributed by atoms with Gasteiger partial charge in [0.05, 0.1) is 40.9 Å². The summed E-state index contributed by atoms with van der Waals surface area (Å²) < 4.78 is 43.7. The molecule has 0 spiro atoms. The van der Waals surface area contributed by atoms with Gasteiger partial charge in [-0.15, -0.1) is 0 Å². The van der Waals surface area contributed by atoms with E-state index in [1.807, 2.05) is 6.92 Å². The van der Waals surface area contributed by atoms with Crippen molar-refractivity contribution in [2.24, 2.45) is 11.8 Å². The number of fused-ring (bicyclic) bond motifs is 2. The molecular weight excluding hydrogens is 471 g/mol. The van der Waals surface area contributed by atoms with Crippen LogP contribution in [0.15, 0.2) is 24.8 Å².